The Balaban J connectivity index is 1.60. The highest BCUT2D eigenvalue weighted by Gasteiger charge is 2.38. The summed E-state index contributed by atoms with van der Waals surface area (Å²) < 4.78 is 10.7. The molecule has 0 saturated carbocycles. The molecule has 6 heteroatoms. The van der Waals surface area contributed by atoms with Crippen molar-refractivity contribution in [3.8, 4) is 11.5 Å². The summed E-state index contributed by atoms with van der Waals surface area (Å²) in [4.78, 5) is 28.1. The van der Waals surface area contributed by atoms with Gasteiger partial charge < -0.3 is 14.8 Å². The third kappa shape index (κ3) is 4.96. The Hall–Kier alpha value is -4.06. The van der Waals surface area contributed by atoms with Gasteiger partial charge in [-0.2, -0.15) is 0 Å². The summed E-state index contributed by atoms with van der Waals surface area (Å²) in [6.45, 7) is 4.77. The number of amides is 2. The van der Waals surface area contributed by atoms with Crippen molar-refractivity contribution >= 4 is 23.1 Å². The Labute approximate surface area is 199 Å². The first kappa shape index (κ1) is 23.1. The Morgan fingerprint density at radius 2 is 1.47 bits per heavy atom. The van der Waals surface area contributed by atoms with Gasteiger partial charge >= 0.3 is 0 Å². The number of carbonyl (C=O) groups is 2. The molecule has 1 N–H and O–H groups in total. The monoisotopic (exact) mass is 456 g/mol. The molecule has 0 aromatic heterocycles. The fourth-order valence-corrected chi connectivity index (χ4v) is 3.86. The van der Waals surface area contributed by atoms with Gasteiger partial charge in [0.15, 0.2) is 0 Å². The Morgan fingerprint density at radius 1 is 0.824 bits per heavy atom. The number of rotatable bonds is 9. The van der Waals surface area contributed by atoms with E-state index in [0.29, 0.717) is 29.9 Å². The van der Waals surface area contributed by atoms with Crippen LogP contribution in [-0.4, -0.2) is 37.0 Å². The van der Waals surface area contributed by atoms with Crippen molar-refractivity contribution in [2.24, 2.45) is 0 Å². The van der Waals surface area contributed by atoms with Gasteiger partial charge in [0.2, 0.25) is 0 Å². The van der Waals surface area contributed by atoms with E-state index in [4.69, 9.17) is 9.47 Å². The minimum absolute atomic E-state index is 0.285. The Bertz CT molecular complexity index is 1200. The predicted octanol–water partition coefficient (Wildman–Crippen LogP) is 4.84. The second-order valence-corrected chi connectivity index (χ2v) is 8.06. The molecule has 174 valence electrons. The fraction of sp³-hybridized carbons (Fsp3) is 0.214. The van der Waals surface area contributed by atoms with Crippen molar-refractivity contribution in [2.45, 2.75) is 20.3 Å². The number of aryl methyl sites for hydroxylation is 1. The normalized spacial score (nSPS) is 13.4. The van der Waals surface area contributed by atoms with Crippen molar-refractivity contribution in [2.75, 3.05) is 25.6 Å². The molecule has 3 aromatic rings. The molecule has 0 fully saturated rings. The van der Waals surface area contributed by atoms with Crippen LogP contribution in [0.15, 0.2) is 78.5 Å². The van der Waals surface area contributed by atoms with Gasteiger partial charge in [-0.25, -0.2) is 0 Å². The van der Waals surface area contributed by atoms with E-state index in [9.17, 15) is 9.59 Å². The molecular formula is C28H28N2O4. The number of carbonyl (C=O) groups excluding carboxylic acids is 2. The standard InChI is InChI=1S/C28H28N2O4/c1-4-34-24-15-11-22(12-16-24)29-26-25(21-9-5-19(2)6-10-21)27(31)30(28(26)32)18-17-20-7-13-23(33-3)14-8-20/h5-16,29H,4,17-18H2,1-3H3. The highest BCUT2D eigenvalue weighted by atomic mass is 16.5. The van der Waals surface area contributed by atoms with E-state index in [2.05, 4.69) is 5.32 Å². The maximum atomic E-state index is 13.4. The van der Waals surface area contributed by atoms with Gasteiger partial charge in [0.05, 0.1) is 19.3 Å². The largest absolute Gasteiger partial charge is 0.497 e. The van der Waals surface area contributed by atoms with Gasteiger partial charge in [0.1, 0.15) is 17.2 Å². The van der Waals surface area contributed by atoms with Gasteiger partial charge in [-0.3, -0.25) is 14.5 Å². The smallest absolute Gasteiger partial charge is 0.278 e. The summed E-state index contributed by atoms with van der Waals surface area (Å²) in [6.07, 6.45) is 0.555. The van der Waals surface area contributed by atoms with Crippen molar-refractivity contribution < 1.29 is 19.1 Å². The van der Waals surface area contributed by atoms with E-state index in [1.807, 2.05) is 86.6 Å². The number of benzene rings is 3. The van der Waals surface area contributed by atoms with E-state index < -0.39 is 0 Å². The molecule has 1 aliphatic rings. The highest BCUT2D eigenvalue weighted by Crippen LogP contribution is 2.31. The molecule has 4 rings (SSSR count). The van der Waals surface area contributed by atoms with Crippen LogP contribution in [0.25, 0.3) is 5.57 Å². The van der Waals surface area contributed by atoms with E-state index in [1.165, 1.54) is 4.90 Å². The summed E-state index contributed by atoms with van der Waals surface area (Å²) >= 11 is 0. The predicted molar refractivity (Wildman–Crippen MR) is 133 cm³/mol. The van der Waals surface area contributed by atoms with Crippen LogP contribution < -0.4 is 14.8 Å². The second kappa shape index (κ2) is 10.3. The van der Waals surface area contributed by atoms with Crippen molar-refractivity contribution in [3.05, 3.63) is 95.2 Å². The van der Waals surface area contributed by atoms with E-state index in [0.717, 1.165) is 22.6 Å². The minimum Gasteiger partial charge on any atom is -0.497 e. The molecule has 1 aliphatic heterocycles. The van der Waals surface area contributed by atoms with Gasteiger partial charge in [0, 0.05) is 12.2 Å². The number of hydrogen-bond acceptors (Lipinski definition) is 5. The fourth-order valence-electron chi connectivity index (χ4n) is 3.86. The first-order chi connectivity index (χ1) is 16.5. The summed E-state index contributed by atoms with van der Waals surface area (Å²) in [5, 5.41) is 3.19. The van der Waals surface area contributed by atoms with Crippen molar-refractivity contribution in [3.63, 3.8) is 0 Å². The van der Waals surface area contributed by atoms with E-state index >= 15 is 0 Å². The number of methoxy groups -OCH3 is 1. The second-order valence-electron chi connectivity index (χ2n) is 8.06. The van der Waals surface area contributed by atoms with Crippen molar-refractivity contribution in [1.82, 2.24) is 4.90 Å². The van der Waals surface area contributed by atoms with Crippen LogP contribution >= 0.6 is 0 Å². The highest BCUT2D eigenvalue weighted by molar-refractivity contribution is 6.36. The zero-order chi connectivity index (χ0) is 24.1. The summed E-state index contributed by atoms with van der Waals surface area (Å²) in [5.74, 6) is 0.886. The van der Waals surface area contributed by atoms with Gasteiger partial charge in [-0.15, -0.1) is 0 Å². The number of nitrogens with one attached hydrogen (secondary N) is 1. The molecule has 0 aliphatic carbocycles. The molecular weight excluding hydrogens is 428 g/mol. The topological polar surface area (TPSA) is 67.9 Å². The lowest BCUT2D eigenvalue weighted by atomic mass is 10.0. The summed E-state index contributed by atoms with van der Waals surface area (Å²) in [6, 6.07) is 22.6. The minimum atomic E-state index is -0.331. The molecule has 1 heterocycles. The van der Waals surface area contributed by atoms with E-state index in [-0.39, 0.29) is 24.1 Å². The number of nitrogens with zero attached hydrogens (tertiary/aromatic N) is 1. The van der Waals surface area contributed by atoms with Gasteiger partial charge in [-0.1, -0.05) is 42.0 Å². The molecule has 0 saturated heterocycles. The molecule has 0 spiro atoms. The number of ether oxygens (including phenoxy) is 2. The van der Waals surface area contributed by atoms with Crippen LogP contribution in [0.3, 0.4) is 0 Å². The molecule has 0 unspecified atom stereocenters. The van der Waals surface area contributed by atoms with Crippen molar-refractivity contribution in [1.29, 1.82) is 0 Å². The van der Waals surface area contributed by atoms with Crippen LogP contribution in [0.4, 0.5) is 5.69 Å². The lowest BCUT2D eigenvalue weighted by Crippen LogP contribution is -2.34. The first-order valence-electron chi connectivity index (χ1n) is 11.3. The Kier molecular flexibility index (Phi) is 6.97. The van der Waals surface area contributed by atoms with E-state index in [1.54, 1.807) is 7.11 Å². The van der Waals surface area contributed by atoms with Crippen LogP contribution in [0.5, 0.6) is 11.5 Å². The zero-order valence-corrected chi connectivity index (χ0v) is 19.6. The average Bonchev–Trinajstić information content (AvgIpc) is 3.08. The van der Waals surface area contributed by atoms with Gasteiger partial charge in [0.25, 0.3) is 11.8 Å². The molecule has 0 radical (unpaired) electrons. The molecule has 6 nitrogen and oxygen atoms in total. The SMILES string of the molecule is CCOc1ccc(NC2=C(c3ccc(C)cc3)C(=O)N(CCc3ccc(OC)cc3)C2=O)cc1. The number of hydrogen-bond donors (Lipinski definition) is 1. The van der Waals surface area contributed by atoms with Crippen LogP contribution in [0.2, 0.25) is 0 Å². The van der Waals surface area contributed by atoms with Crippen LogP contribution in [-0.2, 0) is 16.0 Å². The molecule has 3 aromatic carbocycles. The van der Waals surface area contributed by atoms with Gasteiger partial charge in [-0.05, 0) is 67.8 Å². The van der Waals surface area contributed by atoms with Crippen LogP contribution in [0.1, 0.15) is 23.6 Å². The lowest BCUT2D eigenvalue weighted by Gasteiger charge is -2.15. The maximum Gasteiger partial charge on any atom is 0.278 e. The maximum absolute atomic E-state index is 13.4. The molecule has 34 heavy (non-hydrogen) atoms. The quantitative estimate of drug-likeness (QED) is 0.467. The lowest BCUT2D eigenvalue weighted by molar-refractivity contribution is -0.136. The first-order valence-corrected chi connectivity index (χ1v) is 11.3. The number of anilines is 1. The summed E-state index contributed by atoms with van der Waals surface area (Å²) in [5.41, 5.74) is 4.19. The Morgan fingerprint density at radius 3 is 2.09 bits per heavy atom. The molecule has 2 amide bonds. The third-order valence-electron chi connectivity index (χ3n) is 5.73. The third-order valence-corrected chi connectivity index (χ3v) is 5.73. The van der Waals surface area contributed by atoms with Crippen LogP contribution in [0, 0.1) is 6.92 Å². The number of imide groups is 1. The average molecular weight is 457 g/mol. The summed E-state index contributed by atoms with van der Waals surface area (Å²) in [7, 11) is 1.62. The molecule has 0 atom stereocenters. The molecule has 0 bridgehead atoms. The zero-order valence-electron chi connectivity index (χ0n) is 19.6.